The summed E-state index contributed by atoms with van der Waals surface area (Å²) in [6.07, 6.45) is -24.6. The molecular formula is C20H37NO16. The second kappa shape index (κ2) is 13.6. The molecular weight excluding hydrogens is 510 g/mol. The van der Waals surface area contributed by atoms with Crippen LogP contribution in [0, 0.1) is 0 Å². The summed E-state index contributed by atoms with van der Waals surface area (Å²) in [7, 11) is 0. The molecule has 0 amide bonds. The molecule has 0 aromatic rings. The number of hydrogen-bond acceptors (Lipinski definition) is 17. The Kier molecular flexibility index (Phi) is 11.3. The van der Waals surface area contributed by atoms with Crippen molar-refractivity contribution in [3.05, 3.63) is 0 Å². The van der Waals surface area contributed by atoms with Crippen molar-refractivity contribution in [2.45, 2.75) is 92.1 Å². The summed E-state index contributed by atoms with van der Waals surface area (Å²) in [6, 6.07) is 0. The highest BCUT2D eigenvalue weighted by Gasteiger charge is 2.54. The van der Waals surface area contributed by atoms with Gasteiger partial charge in [0.1, 0.15) is 73.2 Å². The fraction of sp³-hybridized carbons (Fsp3) is 1.00. The van der Waals surface area contributed by atoms with Crippen molar-refractivity contribution >= 4 is 0 Å². The van der Waals surface area contributed by atoms with Gasteiger partial charge in [0.05, 0.1) is 26.4 Å². The topological polar surface area (TPSA) is 284 Å². The van der Waals surface area contributed by atoms with Crippen molar-refractivity contribution in [2.24, 2.45) is 5.73 Å². The van der Waals surface area contributed by atoms with Crippen LogP contribution in [0.25, 0.3) is 0 Å². The lowest BCUT2D eigenvalue weighted by Crippen LogP contribution is -2.67. The monoisotopic (exact) mass is 547 g/mol. The molecule has 17 heteroatoms. The van der Waals surface area contributed by atoms with E-state index < -0.39 is 112 Å². The standard InChI is InChI=1S/C20H37NO16/c21-1-2-32-19-16(13(29)10(26)7(4-23)34-19)37-20-17(14(30)11(27)8(5-24)35-20)36-18-15(31)12(28)9(25)6(3-22)33-18/h6-20,22-31H,1-5,21H2/t6?,7?,8?,9-,10-,11-,12?,13?,14?,15?,16?,17?,18+,19+,20-/m1/s1. The van der Waals surface area contributed by atoms with Crippen LogP contribution < -0.4 is 5.73 Å². The van der Waals surface area contributed by atoms with Gasteiger partial charge in [0.2, 0.25) is 0 Å². The number of aliphatic hydroxyl groups is 10. The van der Waals surface area contributed by atoms with Crippen LogP contribution in [0.4, 0.5) is 0 Å². The number of ether oxygens (including phenoxy) is 6. The Balaban J connectivity index is 1.86. The number of aliphatic hydroxyl groups excluding tert-OH is 10. The van der Waals surface area contributed by atoms with Gasteiger partial charge in [-0.1, -0.05) is 0 Å². The molecule has 0 bridgehead atoms. The lowest BCUT2D eigenvalue weighted by atomic mass is 9.96. The minimum Gasteiger partial charge on any atom is -0.394 e. The van der Waals surface area contributed by atoms with E-state index in [2.05, 4.69) is 0 Å². The lowest BCUT2D eigenvalue weighted by molar-refractivity contribution is -0.393. The van der Waals surface area contributed by atoms with Gasteiger partial charge in [-0.2, -0.15) is 0 Å². The molecule has 37 heavy (non-hydrogen) atoms. The van der Waals surface area contributed by atoms with E-state index in [1.165, 1.54) is 0 Å². The molecule has 0 spiro atoms. The highest BCUT2D eigenvalue weighted by Crippen LogP contribution is 2.33. The van der Waals surface area contributed by atoms with E-state index in [0.717, 1.165) is 0 Å². The molecule has 0 saturated carbocycles. The fourth-order valence-electron chi connectivity index (χ4n) is 4.32. The molecule has 12 N–H and O–H groups in total. The van der Waals surface area contributed by atoms with Crippen molar-refractivity contribution in [1.29, 1.82) is 0 Å². The molecule has 3 heterocycles. The molecule has 3 aliphatic heterocycles. The second-order valence-electron chi connectivity index (χ2n) is 8.97. The molecule has 3 rings (SSSR count). The van der Waals surface area contributed by atoms with Crippen molar-refractivity contribution in [2.75, 3.05) is 33.0 Å². The first-order valence-corrected chi connectivity index (χ1v) is 11.8. The zero-order valence-electron chi connectivity index (χ0n) is 19.7. The van der Waals surface area contributed by atoms with E-state index in [1.807, 2.05) is 0 Å². The molecule has 15 atom stereocenters. The Labute approximate surface area is 211 Å². The molecule has 0 aliphatic carbocycles. The number of hydrogen-bond donors (Lipinski definition) is 11. The third-order valence-electron chi connectivity index (χ3n) is 6.48. The van der Waals surface area contributed by atoms with Crippen LogP contribution in [0.5, 0.6) is 0 Å². The summed E-state index contributed by atoms with van der Waals surface area (Å²) in [5, 5.41) is 101. The smallest absolute Gasteiger partial charge is 0.187 e. The van der Waals surface area contributed by atoms with E-state index in [4.69, 9.17) is 34.2 Å². The minimum absolute atomic E-state index is 0.0370. The summed E-state index contributed by atoms with van der Waals surface area (Å²) in [4.78, 5) is 0. The van der Waals surface area contributed by atoms with Crippen LogP contribution in [0.1, 0.15) is 0 Å². The molecule has 3 fully saturated rings. The van der Waals surface area contributed by atoms with Crippen LogP contribution in [0.2, 0.25) is 0 Å². The first kappa shape index (κ1) is 30.9. The highest BCUT2D eigenvalue weighted by atomic mass is 16.8. The van der Waals surface area contributed by atoms with Gasteiger partial charge in [-0.05, 0) is 0 Å². The first-order valence-electron chi connectivity index (χ1n) is 11.8. The van der Waals surface area contributed by atoms with E-state index in [1.54, 1.807) is 0 Å². The van der Waals surface area contributed by atoms with E-state index in [0.29, 0.717) is 0 Å². The molecule has 9 unspecified atom stereocenters. The SMILES string of the molecule is NCCO[C@H]1OC(CO)[C@@H](O)C(O)C1O[C@H]1OC(CO)[C@@H](O)C(O)C1O[C@@H]1OC(CO)[C@@H](O)C(O)C1O. The third-order valence-corrected chi connectivity index (χ3v) is 6.48. The summed E-state index contributed by atoms with van der Waals surface area (Å²) in [5.74, 6) is 0. The molecule has 0 aromatic heterocycles. The van der Waals surface area contributed by atoms with Crippen molar-refractivity contribution < 1.29 is 79.5 Å². The predicted octanol–water partition coefficient (Wildman–Crippen LogP) is -7.59. The van der Waals surface area contributed by atoms with E-state index in [9.17, 15) is 51.1 Å². The predicted molar refractivity (Wildman–Crippen MR) is 114 cm³/mol. The Morgan fingerprint density at radius 2 is 0.919 bits per heavy atom. The maximum atomic E-state index is 10.7. The Bertz CT molecular complexity index is 691. The van der Waals surface area contributed by atoms with Crippen molar-refractivity contribution in [3.63, 3.8) is 0 Å². The highest BCUT2D eigenvalue weighted by molar-refractivity contribution is 4.96. The molecule has 0 radical (unpaired) electrons. The second-order valence-corrected chi connectivity index (χ2v) is 8.97. The van der Waals surface area contributed by atoms with Gasteiger partial charge in [-0.15, -0.1) is 0 Å². The average molecular weight is 548 g/mol. The zero-order chi connectivity index (χ0) is 27.4. The van der Waals surface area contributed by atoms with Gasteiger partial charge in [0.15, 0.2) is 18.9 Å². The maximum Gasteiger partial charge on any atom is 0.187 e. The Morgan fingerprint density at radius 3 is 1.41 bits per heavy atom. The largest absolute Gasteiger partial charge is 0.394 e. The zero-order valence-corrected chi connectivity index (χ0v) is 19.7. The third kappa shape index (κ3) is 6.56. The quantitative estimate of drug-likeness (QED) is 0.121. The Hall–Kier alpha value is -0.680. The summed E-state index contributed by atoms with van der Waals surface area (Å²) < 4.78 is 33.0. The van der Waals surface area contributed by atoms with Crippen molar-refractivity contribution in [3.8, 4) is 0 Å². The van der Waals surface area contributed by atoms with Gasteiger partial charge in [0, 0.05) is 6.54 Å². The minimum atomic E-state index is -1.88. The van der Waals surface area contributed by atoms with Gasteiger partial charge in [-0.25, -0.2) is 0 Å². The van der Waals surface area contributed by atoms with Crippen LogP contribution in [-0.2, 0) is 28.4 Å². The van der Waals surface area contributed by atoms with Gasteiger partial charge < -0.3 is 85.2 Å². The molecule has 218 valence electrons. The lowest BCUT2D eigenvalue weighted by Gasteiger charge is -2.48. The summed E-state index contributed by atoms with van der Waals surface area (Å²) in [6.45, 7) is -2.26. The molecule has 17 nitrogen and oxygen atoms in total. The first-order chi connectivity index (χ1) is 17.6. The van der Waals surface area contributed by atoms with Gasteiger partial charge in [0.25, 0.3) is 0 Å². The van der Waals surface area contributed by atoms with Crippen LogP contribution in [-0.4, -0.2) is 176 Å². The van der Waals surface area contributed by atoms with Gasteiger partial charge >= 0.3 is 0 Å². The molecule has 3 saturated heterocycles. The normalized spacial score (nSPS) is 49.2. The van der Waals surface area contributed by atoms with Crippen LogP contribution in [0.15, 0.2) is 0 Å². The van der Waals surface area contributed by atoms with Crippen molar-refractivity contribution in [1.82, 2.24) is 0 Å². The average Bonchev–Trinajstić information content (AvgIpc) is 2.90. The number of rotatable bonds is 10. The van der Waals surface area contributed by atoms with E-state index in [-0.39, 0.29) is 13.2 Å². The summed E-state index contributed by atoms with van der Waals surface area (Å²) >= 11 is 0. The van der Waals surface area contributed by atoms with Crippen LogP contribution in [0.3, 0.4) is 0 Å². The number of nitrogens with two attached hydrogens (primary N) is 1. The Morgan fingerprint density at radius 1 is 0.514 bits per heavy atom. The van der Waals surface area contributed by atoms with E-state index >= 15 is 0 Å². The maximum absolute atomic E-state index is 10.7. The fourth-order valence-corrected chi connectivity index (χ4v) is 4.32. The molecule has 0 aromatic carbocycles. The van der Waals surface area contributed by atoms with Gasteiger partial charge in [-0.3, -0.25) is 0 Å². The molecule has 3 aliphatic rings. The van der Waals surface area contributed by atoms with Crippen LogP contribution >= 0.6 is 0 Å². The summed E-state index contributed by atoms with van der Waals surface area (Å²) in [5.41, 5.74) is 5.45.